The molecular formula is C6H18ClKNO+. The number of nitrogens with zero attached hydrogens (tertiary/aromatic N) is 1. The fraction of sp³-hybridized carbons (Fsp3) is 1.00. The summed E-state index contributed by atoms with van der Waals surface area (Å²) in [5.74, 6) is 0. The summed E-state index contributed by atoms with van der Waals surface area (Å²) in [5.41, 5.74) is 0. The van der Waals surface area contributed by atoms with Crippen molar-refractivity contribution in [3.8, 4) is 0 Å². The van der Waals surface area contributed by atoms with Crippen LogP contribution in [0.25, 0.3) is 0 Å². The Morgan fingerprint density at radius 1 is 1.40 bits per heavy atom. The van der Waals surface area contributed by atoms with Gasteiger partial charge in [-0.1, -0.05) is 6.92 Å². The molecule has 1 unspecified atom stereocenters. The second-order valence-electron chi connectivity index (χ2n) is 3.01. The molecule has 0 saturated carbocycles. The third-order valence-electron chi connectivity index (χ3n) is 1.26. The number of hydrogen-bond donors (Lipinski definition) is 1. The van der Waals surface area contributed by atoms with Crippen LogP contribution >= 0.6 is 12.4 Å². The molecule has 60 valence electrons. The van der Waals surface area contributed by atoms with Crippen molar-refractivity contribution in [2.24, 2.45) is 0 Å². The maximum atomic E-state index is 9.17. The summed E-state index contributed by atoms with van der Waals surface area (Å²) in [6.07, 6.45) is 0.610. The molecule has 0 aliphatic carbocycles. The Morgan fingerprint density at radius 2 is 1.70 bits per heavy atom. The van der Waals surface area contributed by atoms with Gasteiger partial charge in [-0.25, -0.2) is 0 Å². The largest absolute Gasteiger partial charge is 1.00 e. The molecule has 0 radical (unpaired) electrons. The molecule has 2 nitrogen and oxygen atoms in total. The summed E-state index contributed by atoms with van der Waals surface area (Å²) in [6.45, 7) is 1.98. The zero-order valence-electron chi connectivity index (χ0n) is 8.59. The first-order chi connectivity index (χ1) is 3.48. The van der Waals surface area contributed by atoms with Gasteiger partial charge in [0, 0.05) is 6.42 Å². The van der Waals surface area contributed by atoms with Crippen LogP contribution in [0, 0.1) is 0 Å². The predicted molar refractivity (Wildman–Crippen MR) is 42.7 cm³/mol. The fourth-order valence-corrected chi connectivity index (χ4v) is 0.548. The van der Waals surface area contributed by atoms with E-state index in [-0.39, 0.29) is 71.4 Å². The van der Waals surface area contributed by atoms with Gasteiger partial charge >= 0.3 is 51.4 Å². The average Bonchev–Trinajstić information content (AvgIpc) is 1.62. The van der Waals surface area contributed by atoms with Gasteiger partial charge in [0.25, 0.3) is 0 Å². The molecule has 0 aliphatic rings. The van der Waals surface area contributed by atoms with E-state index in [2.05, 4.69) is 0 Å². The Hall–Kier alpha value is 1.85. The summed E-state index contributed by atoms with van der Waals surface area (Å²) >= 11 is 0. The molecule has 0 aliphatic heterocycles. The van der Waals surface area contributed by atoms with Crippen LogP contribution in [0.1, 0.15) is 14.8 Å². The van der Waals surface area contributed by atoms with Crippen molar-refractivity contribution >= 4 is 12.4 Å². The van der Waals surface area contributed by atoms with Gasteiger partial charge in [-0.3, -0.25) is 0 Å². The zero-order valence-corrected chi connectivity index (χ0v) is 11.5. The molecule has 0 amide bonds. The normalized spacial score (nSPS) is 12.9. The van der Waals surface area contributed by atoms with Gasteiger partial charge in [0.2, 0.25) is 0 Å². The summed E-state index contributed by atoms with van der Waals surface area (Å²) in [5, 5.41) is 9.17. The average molecular weight is 195 g/mol. The molecule has 0 fully saturated rings. The Kier molecular flexibility index (Phi) is 13.3. The van der Waals surface area contributed by atoms with Crippen molar-refractivity contribution in [1.29, 1.82) is 0 Å². The quantitative estimate of drug-likeness (QED) is 0.305. The van der Waals surface area contributed by atoms with Crippen molar-refractivity contribution in [2.45, 2.75) is 19.6 Å². The molecule has 0 aromatic carbocycles. The third kappa shape index (κ3) is 7.95. The molecule has 1 atom stereocenters. The van der Waals surface area contributed by atoms with Crippen LogP contribution in [-0.2, 0) is 0 Å². The number of halogens is 1. The first-order valence-electron chi connectivity index (χ1n) is 2.97. The van der Waals surface area contributed by atoms with E-state index in [0.717, 1.165) is 6.42 Å². The topological polar surface area (TPSA) is 20.2 Å². The Labute approximate surface area is 114 Å². The van der Waals surface area contributed by atoms with E-state index in [0.29, 0.717) is 4.48 Å². The molecule has 0 rings (SSSR count). The standard InChI is InChI=1S/C6H16NO.ClH.K.H/c1-5-6(8)7(2,3)4;;;/h6,8H,5H2,1-4H3;1H;;/q+1;;+1;-1. The van der Waals surface area contributed by atoms with Crippen molar-refractivity contribution in [3.05, 3.63) is 0 Å². The van der Waals surface area contributed by atoms with Crippen molar-refractivity contribution in [2.75, 3.05) is 21.1 Å². The molecule has 4 heteroatoms. The monoisotopic (exact) mass is 194 g/mol. The first-order valence-corrected chi connectivity index (χ1v) is 2.97. The van der Waals surface area contributed by atoms with E-state index >= 15 is 0 Å². The van der Waals surface area contributed by atoms with Gasteiger partial charge in [0.15, 0.2) is 6.23 Å². The number of rotatable bonds is 2. The fourth-order valence-electron chi connectivity index (χ4n) is 0.548. The van der Waals surface area contributed by atoms with Crippen LogP contribution in [-0.4, -0.2) is 37.0 Å². The molecule has 10 heavy (non-hydrogen) atoms. The zero-order chi connectivity index (χ0) is 6.78. The van der Waals surface area contributed by atoms with E-state index in [9.17, 15) is 0 Å². The van der Waals surface area contributed by atoms with Crippen LogP contribution in [0.15, 0.2) is 0 Å². The van der Waals surface area contributed by atoms with Gasteiger partial charge in [0.1, 0.15) is 0 Å². The molecule has 0 aromatic heterocycles. The van der Waals surface area contributed by atoms with Crippen LogP contribution < -0.4 is 51.4 Å². The summed E-state index contributed by atoms with van der Waals surface area (Å²) in [6, 6.07) is 0. The van der Waals surface area contributed by atoms with E-state index < -0.39 is 0 Å². The number of aliphatic hydroxyl groups is 1. The molecule has 0 bridgehead atoms. The summed E-state index contributed by atoms with van der Waals surface area (Å²) < 4.78 is 0.635. The van der Waals surface area contributed by atoms with Gasteiger partial charge in [-0.05, 0) is 0 Å². The van der Waals surface area contributed by atoms with Crippen LogP contribution in [0.2, 0.25) is 0 Å². The molecule has 1 N–H and O–H groups in total. The maximum absolute atomic E-state index is 9.17. The first kappa shape index (κ1) is 17.8. The van der Waals surface area contributed by atoms with Gasteiger partial charge in [0.05, 0.1) is 21.1 Å². The molecule has 0 aromatic rings. The van der Waals surface area contributed by atoms with E-state index in [1.165, 1.54) is 0 Å². The van der Waals surface area contributed by atoms with Gasteiger partial charge in [-0.15, -0.1) is 12.4 Å². The maximum Gasteiger partial charge on any atom is 1.00 e. The van der Waals surface area contributed by atoms with Crippen molar-refractivity contribution < 1.29 is 62.4 Å². The van der Waals surface area contributed by atoms with Crippen LogP contribution in [0.4, 0.5) is 0 Å². The second kappa shape index (κ2) is 7.49. The Balaban J connectivity index is -0.0000000817. The van der Waals surface area contributed by atoms with E-state index in [4.69, 9.17) is 5.11 Å². The van der Waals surface area contributed by atoms with E-state index in [1.54, 1.807) is 0 Å². The molecule has 0 spiro atoms. The van der Waals surface area contributed by atoms with Crippen LogP contribution in [0.3, 0.4) is 0 Å². The predicted octanol–water partition coefficient (Wildman–Crippen LogP) is -2.04. The molecule has 0 heterocycles. The summed E-state index contributed by atoms with van der Waals surface area (Å²) in [4.78, 5) is 0. The molecular weight excluding hydrogens is 177 g/mol. The minimum atomic E-state index is -0.213. The number of aliphatic hydroxyl groups excluding tert-OH is 1. The van der Waals surface area contributed by atoms with Crippen LogP contribution in [0.5, 0.6) is 0 Å². The Morgan fingerprint density at radius 3 is 1.70 bits per heavy atom. The minimum Gasteiger partial charge on any atom is -1.00 e. The van der Waals surface area contributed by atoms with E-state index in [1.807, 2.05) is 28.1 Å². The Bertz CT molecular complexity index is 79.5. The van der Waals surface area contributed by atoms with Crippen molar-refractivity contribution in [3.63, 3.8) is 0 Å². The third-order valence-corrected chi connectivity index (χ3v) is 1.26. The number of hydrogen-bond acceptors (Lipinski definition) is 1. The van der Waals surface area contributed by atoms with Gasteiger partial charge < -0.3 is 11.0 Å². The molecule has 0 saturated heterocycles. The van der Waals surface area contributed by atoms with Crippen molar-refractivity contribution in [1.82, 2.24) is 0 Å². The number of quaternary nitrogens is 1. The summed E-state index contributed by atoms with van der Waals surface area (Å²) in [7, 11) is 5.94. The smallest absolute Gasteiger partial charge is 1.00 e. The second-order valence-corrected chi connectivity index (χ2v) is 3.01. The minimum absolute atomic E-state index is 0. The SMILES string of the molecule is CCC(O)[N+](C)(C)C.Cl.[H-].[K+]. The van der Waals surface area contributed by atoms with Gasteiger partial charge in [-0.2, -0.15) is 0 Å².